The molecule has 4 aromatic rings. The van der Waals surface area contributed by atoms with Crippen molar-refractivity contribution in [2.75, 3.05) is 18.4 Å². The predicted octanol–water partition coefficient (Wildman–Crippen LogP) is 7.15. The molecular weight excluding hydrogens is 480 g/mol. The number of rotatable bonds is 6. The number of benzene rings is 3. The van der Waals surface area contributed by atoms with Crippen molar-refractivity contribution in [2.45, 2.75) is 25.7 Å². The van der Waals surface area contributed by atoms with Crippen molar-refractivity contribution in [3.05, 3.63) is 113 Å². The van der Waals surface area contributed by atoms with Crippen LogP contribution in [0.1, 0.15) is 45.8 Å². The second-order valence-corrected chi connectivity index (χ2v) is 10.2. The molecular formula is C31H31ClN4O. The molecule has 1 saturated heterocycles. The van der Waals surface area contributed by atoms with E-state index in [0.29, 0.717) is 16.5 Å². The molecule has 1 fully saturated rings. The number of carbonyl (C=O) groups excluding carboxylic acids is 1. The number of nitrogens with zero attached hydrogens (tertiary/aromatic N) is 3. The molecule has 1 aliphatic rings. The van der Waals surface area contributed by atoms with Crippen LogP contribution in [0.5, 0.6) is 0 Å². The molecule has 5 nitrogen and oxygen atoms in total. The van der Waals surface area contributed by atoms with Crippen LogP contribution in [0.15, 0.2) is 85.7 Å². The maximum Gasteiger partial charge on any atom is 0.253 e. The second-order valence-electron chi connectivity index (χ2n) is 9.73. The van der Waals surface area contributed by atoms with Gasteiger partial charge in [0.05, 0.1) is 6.20 Å². The first-order chi connectivity index (χ1) is 17.9. The molecule has 0 atom stereocenters. The third-order valence-electron chi connectivity index (χ3n) is 7.17. The van der Waals surface area contributed by atoms with Gasteiger partial charge in [-0.15, -0.1) is 0 Å². The van der Waals surface area contributed by atoms with E-state index in [9.17, 15) is 4.79 Å². The second kappa shape index (κ2) is 10.7. The Morgan fingerprint density at radius 1 is 0.973 bits per heavy atom. The first-order valence-electron chi connectivity index (χ1n) is 12.6. The van der Waals surface area contributed by atoms with Crippen LogP contribution in [-0.4, -0.2) is 33.7 Å². The molecule has 0 bridgehead atoms. The molecule has 5 rings (SSSR count). The quantitative estimate of drug-likeness (QED) is 0.299. The number of aromatic nitrogens is 2. The van der Waals surface area contributed by atoms with Crippen LogP contribution in [0, 0.1) is 6.92 Å². The molecule has 3 aromatic carbocycles. The molecule has 0 radical (unpaired) electrons. The Morgan fingerprint density at radius 3 is 2.30 bits per heavy atom. The summed E-state index contributed by atoms with van der Waals surface area (Å²) in [6, 6.07) is 22.2. The lowest BCUT2D eigenvalue weighted by Gasteiger charge is -2.32. The number of hydrogen-bond donors (Lipinski definition) is 1. The third kappa shape index (κ3) is 5.62. The van der Waals surface area contributed by atoms with Crippen molar-refractivity contribution in [2.24, 2.45) is 7.05 Å². The Labute approximate surface area is 223 Å². The summed E-state index contributed by atoms with van der Waals surface area (Å²) >= 11 is 6.01. The van der Waals surface area contributed by atoms with Gasteiger partial charge in [0.2, 0.25) is 0 Å². The fourth-order valence-corrected chi connectivity index (χ4v) is 5.02. The van der Waals surface area contributed by atoms with Gasteiger partial charge >= 0.3 is 0 Å². The number of hydrogen-bond acceptors (Lipinski definition) is 3. The van der Waals surface area contributed by atoms with Crippen LogP contribution < -0.4 is 5.32 Å². The molecule has 1 aliphatic heterocycles. The number of halogens is 1. The zero-order valence-corrected chi connectivity index (χ0v) is 22.0. The standard InChI is InChI=1S/C31H31ClN4O/c1-21-4-5-27(18-30(21)34-22(2)23-10-12-29(32)13-11-23)31(37)36-16-14-26(15-17-36)24-6-8-25(9-7-24)28-19-33-35(3)20-28/h4-13,18-20,26,34H,2,14-17H2,1,3H3. The molecule has 0 saturated carbocycles. The van der Waals surface area contributed by atoms with Gasteiger partial charge < -0.3 is 10.2 Å². The van der Waals surface area contributed by atoms with Crippen LogP contribution in [0.3, 0.4) is 0 Å². The Hall–Kier alpha value is -3.83. The minimum absolute atomic E-state index is 0.0746. The van der Waals surface area contributed by atoms with Gasteiger partial charge in [0.1, 0.15) is 0 Å². The Bertz CT molecular complexity index is 1410. The van der Waals surface area contributed by atoms with E-state index >= 15 is 0 Å². The van der Waals surface area contributed by atoms with E-state index in [-0.39, 0.29) is 5.91 Å². The maximum atomic E-state index is 13.4. The van der Waals surface area contributed by atoms with Crippen molar-refractivity contribution in [1.82, 2.24) is 14.7 Å². The van der Waals surface area contributed by atoms with Crippen molar-refractivity contribution >= 4 is 28.9 Å². The minimum Gasteiger partial charge on any atom is -0.355 e. The van der Waals surface area contributed by atoms with Crippen molar-refractivity contribution in [3.63, 3.8) is 0 Å². The van der Waals surface area contributed by atoms with Gasteiger partial charge in [0.25, 0.3) is 5.91 Å². The number of piperidine rings is 1. The van der Waals surface area contributed by atoms with Gasteiger partial charge in [0.15, 0.2) is 0 Å². The smallest absolute Gasteiger partial charge is 0.253 e. The lowest BCUT2D eigenvalue weighted by Crippen LogP contribution is -2.37. The van der Waals surface area contributed by atoms with E-state index in [2.05, 4.69) is 41.3 Å². The fraction of sp³-hybridized carbons (Fsp3) is 0.226. The Balaban J connectivity index is 1.21. The molecule has 1 N–H and O–H groups in total. The predicted molar refractivity (Wildman–Crippen MR) is 152 cm³/mol. The molecule has 6 heteroatoms. The van der Waals surface area contributed by atoms with E-state index < -0.39 is 0 Å². The molecule has 1 amide bonds. The van der Waals surface area contributed by atoms with Gasteiger partial charge in [-0.25, -0.2) is 0 Å². The number of likely N-dealkylation sites (tertiary alicyclic amines) is 1. The number of anilines is 1. The number of nitrogens with one attached hydrogen (secondary N) is 1. The molecule has 0 aliphatic carbocycles. The van der Waals surface area contributed by atoms with Crippen molar-refractivity contribution in [1.29, 1.82) is 0 Å². The first kappa shape index (κ1) is 24.8. The largest absolute Gasteiger partial charge is 0.355 e. The number of carbonyl (C=O) groups is 1. The molecule has 188 valence electrons. The highest BCUT2D eigenvalue weighted by molar-refractivity contribution is 6.30. The van der Waals surface area contributed by atoms with E-state index in [4.69, 9.17) is 11.6 Å². The summed E-state index contributed by atoms with van der Waals surface area (Å²) < 4.78 is 1.82. The van der Waals surface area contributed by atoms with Gasteiger partial charge in [0, 0.05) is 53.9 Å². The molecule has 0 unspecified atom stereocenters. The van der Waals surface area contributed by atoms with Crippen molar-refractivity contribution in [3.8, 4) is 11.1 Å². The van der Waals surface area contributed by atoms with Crippen LogP contribution >= 0.6 is 11.6 Å². The van der Waals surface area contributed by atoms with Gasteiger partial charge in [-0.2, -0.15) is 5.10 Å². The Kier molecular flexibility index (Phi) is 7.15. The highest BCUT2D eigenvalue weighted by atomic mass is 35.5. The lowest BCUT2D eigenvalue weighted by atomic mass is 9.88. The average molecular weight is 511 g/mol. The molecule has 0 spiro atoms. The summed E-state index contributed by atoms with van der Waals surface area (Å²) in [7, 11) is 1.93. The zero-order chi connectivity index (χ0) is 25.9. The molecule has 1 aromatic heterocycles. The van der Waals surface area contributed by atoms with E-state index in [1.807, 2.05) is 78.4 Å². The monoisotopic (exact) mass is 510 g/mol. The minimum atomic E-state index is 0.0746. The number of aryl methyl sites for hydroxylation is 2. The van der Waals surface area contributed by atoms with Crippen LogP contribution in [-0.2, 0) is 7.05 Å². The summed E-state index contributed by atoms with van der Waals surface area (Å²) in [6.45, 7) is 7.69. The normalized spacial score (nSPS) is 14.0. The van der Waals surface area contributed by atoms with Gasteiger partial charge in [-0.1, -0.05) is 60.6 Å². The highest BCUT2D eigenvalue weighted by Gasteiger charge is 2.25. The van der Waals surface area contributed by atoms with Gasteiger partial charge in [-0.3, -0.25) is 9.48 Å². The SMILES string of the molecule is C=C(Nc1cc(C(=O)N2CCC(c3ccc(-c4cnn(C)c4)cc3)CC2)ccc1C)c1ccc(Cl)cc1. The molecule has 37 heavy (non-hydrogen) atoms. The summed E-state index contributed by atoms with van der Waals surface area (Å²) in [4.78, 5) is 15.3. The first-order valence-corrected chi connectivity index (χ1v) is 13.0. The van der Waals surface area contributed by atoms with Crippen LogP contribution in [0.2, 0.25) is 5.02 Å². The van der Waals surface area contributed by atoms with E-state index in [1.165, 1.54) is 11.1 Å². The molecule has 2 heterocycles. The lowest BCUT2D eigenvalue weighted by molar-refractivity contribution is 0.0713. The topological polar surface area (TPSA) is 50.2 Å². The van der Waals surface area contributed by atoms with Gasteiger partial charge in [-0.05, 0) is 72.2 Å². The summed E-state index contributed by atoms with van der Waals surface area (Å²) in [5.74, 6) is 0.537. The average Bonchev–Trinajstić information content (AvgIpc) is 3.36. The van der Waals surface area contributed by atoms with E-state index in [1.54, 1.807) is 0 Å². The highest BCUT2D eigenvalue weighted by Crippen LogP contribution is 2.31. The summed E-state index contributed by atoms with van der Waals surface area (Å²) in [6.07, 6.45) is 5.84. The van der Waals surface area contributed by atoms with Crippen LogP contribution in [0.4, 0.5) is 5.69 Å². The fourth-order valence-electron chi connectivity index (χ4n) is 4.89. The summed E-state index contributed by atoms with van der Waals surface area (Å²) in [5.41, 5.74) is 7.98. The van der Waals surface area contributed by atoms with E-state index in [0.717, 1.165) is 54.0 Å². The zero-order valence-electron chi connectivity index (χ0n) is 21.2. The third-order valence-corrected chi connectivity index (χ3v) is 7.42. The number of amides is 1. The Morgan fingerprint density at radius 2 is 1.65 bits per heavy atom. The maximum absolute atomic E-state index is 13.4. The van der Waals surface area contributed by atoms with Crippen LogP contribution in [0.25, 0.3) is 16.8 Å². The van der Waals surface area contributed by atoms with Crippen molar-refractivity contribution < 1.29 is 4.79 Å². The summed E-state index contributed by atoms with van der Waals surface area (Å²) in [5, 5.41) is 8.33.